The van der Waals surface area contributed by atoms with Crippen LogP contribution in [0.5, 0.6) is 0 Å². The monoisotopic (exact) mass is 835 g/mol. The molecule has 6 nitrogen and oxygen atoms in total. The highest BCUT2D eigenvalue weighted by molar-refractivity contribution is 5.71. The van der Waals surface area contributed by atoms with Crippen molar-refractivity contribution in [3.8, 4) is 0 Å². The smallest absolute Gasteiger partial charge is 0.306 e. The van der Waals surface area contributed by atoms with E-state index in [1.165, 1.54) is 193 Å². The number of hydrogen-bond acceptors (Lipinski definition) is 6. The molecule has 0 aromatic carbocycles. The van der Waals surface area contributed by atoms with E-state index in [4.69, 9.17) is 14.2 Å². The summed E-state index contributed by atoms with van der Waals surface area (Å²) >= 11 is 0. The molecule has 0 aromatic rings. The van der Waals surface area contributed by atoms with Crippen LogP contribution in [-0.2, 0) is 28.6 Å². The van der Waals surface area contributed by atoms with Gasteiger partial charge in [0, 0.05) is 19.3 Å². The molecular formula is C53H102O6. The molecule has 0 N–H and O–H groups in total. The van der Waals surface area contributed by atoms with Crippen molar-refractivity contribution in [2.24, 2.45) is 5.92 Å². The number of carbonyl (C=O) groups excluding carboxylic acids is 3. The molecule has 0 aromatic heterocycles. The highest BCUT2D eigenvalue weighted by Gasteiger charge is 2.19. The molecule has 59 heavy (non-hydrogen) atoms. The number of esters is 3. The van der Waals surface area contributed by atoms with Crippen molar-refractivity contribution in [2.45, 2.75) is 303 Å². The number of rotatable bonds is 48. The molecule has 0 aliphatic carbocycles. The Morgan fingerprint density at radius 3 is 0.831 bits per heavy atom. The third-order valence-electron chi connectivity index (χ3n) is 12.0. The lowest BCUT2D eigenvalue weighted by molar-refractivity contribution is -0.167. The van der Waals surface area contributed by atoms with Gasteiger partial charge >= 0.3 is 17.9 Å². The molecule has 0 heterocycles. The number of ether oxygens (including phenoxy) is 3. The fourth-order valence-corrected chi connectivity index (χ4v) is 8.04. The van der Waals surface area contributed by atoms with Gasteiger partial charge in [0.15, 0.2) is 6.10 Å². The summed E-state index contributed by atoms with van der Waals surface area (Å²) < 4.78 is 16.8. The maximum atomic E-state index is 12.8. The van der Waals surface area contributed by atoms with E-state index in [1.807, 2.05) is 0 Å². The zero-order valence-corrected chi connectivity index (χ0v) is 40.2. The van der Waals surface area contributed by atoms with Crippen LogP contribution >= 0.6 is 0 Å². The molecule has 6 heteroatoms. The Labute approximate surface area is 368 Å². The fourth-order valence-electron chi connectivity index (χ4n) is 8.04. The number of hydrogen-bond donors (Lipinski definition) is 0. The molecule has 0 spiro atoms. The van der Waals surface area contributed by atoms with Gasteiger partial charge in [0.2, 0.25) is 0 Å². The van der Waals surface area contributed by atoms with Gasteiger partial charge in [-0.3, -0.25) is 14.4 Å². The topological polar surface area (TPSA) is 78.9 Å². The molecule has 350 valence electrons. The summed E-state index contributed by atoms with van der Waals surface area (Å²) in [4.78, 5) is 37.9. The van der Waals surface area contributed by atoms with Crippen LogP contribution in [0, 0.1) is 5.92 Å². The third-order valence-corrected chi connectivity index (χ3v) is 12.0. The lowest BCUT2D eigenvalue weighted by Gasteiger charge is -2.18. The largest absolute Gasteiger partial charge is 0.462 e. The van der Waals surface area contributed by atoms with Crippen LogP contribution in [0.3, 0.4) is 0 Å². The van der Waals surface area contributed by atoms with Crippen LogP contribution in [0.25, 0.3) is 0 Å². The Hall–Kier alpha value is -1.59. The Balaban J connectivity index is 4.24. The summed E-state index contributed by atoms with van der Waals surface area (Å²) in [5.74, 6) is 0.00752. The number of unbranched alkanes of at least 4 members (excludes halogenated alkanes) is 35. The molecule has 1 atom stereocenters. The molecule has 0 aliphatic heterocycles. The summed E-state index contributed by atoms with van der Waals surface area (Å²) in [6, 6.07) is 0. The molecule has 0 amide bonds. The van der Waals surface area contributed by atoms with Gasteiger partial charge in [-0.15, -0.1) is 0 Å². The van der Waals surface area contributed by atoms with Crippen LogP contribution in [-0.4, -0.2) is 37.2 Å². The van der Waals surface area contributed by atoms with Crippen molar-refractivity contribution in [1.29, 1.82) is 0 Å². The van der Waals surface area contributed by atoms with Crippen LogP contribution < -0.4 is 0 Å². The lowest BCUT2D eigenvalue weighted by Crippen LogP contribution is -2.30. The summed E-state index contributed by atoms with van der Waals surface area (Å²) in [6.07, 6.45) is 49.4. The first kappa shape index (κ1) is 57.4. The Morgan fingerprint density at radius 2 is 0.559 bits per heavy atom. The zero-order chi connectivity index (χ0) is 43.1. The minimum absolute atomic E-state index is 0.0626. The second-order valence-corrected chi connectivity index (χ2v) is 18.6. The standard InChI is InChI=1S/C53H102O6/c1-5-7-9-11-13-15-17-25-29-33-37-41-45-52(55)58-48-50(47-57-51(54)44-40-36-32-28-16-14-12-10-8-6-2)59-53(56)46-42-38-34-30-26-23-21-19-18-20-22-24-27-31-35-39-43-49(3)4/h49-50H,5-48H2,1-4H3/t50-/m1/s1. The molecule has 0 rings (SSSR count). The average Bonchev–Trinajstić information content (AvgIpc) is 3.22. The average molecular weight is 835 g/mol. The van der Waals surface area contributed by atoms with E-state index in [0.717, 1.165) is 63.7 Å². The predicted octanol–water partition coefficient (Wildman–Crippen LogP) is 17.1. The Kier molecular flexibility index (Phi) is 46.2. The van der Waals surface area contributed by atoms with Gasteiger partial charge in [0.1, 0.15) is 13.2 Å². The first-order valence-corrected chi connectivity index (χ1v) is 26.4. The van der Waals surface area contributed by atoms with E-state index in [-0.39, 0.29) is 31.1 Å². The summed E-state index contributed by atoms with van der Waals surface area (Å²) in [5.41, 5.74) is 0. The maximum Gasteiger partial charge on any atom is 0.306 e. The molecule has 0 saturated heterocycles. The van der Waals surface area contributed by atoms with E-state index in [9.17, 15) is 14.4 Å². The highest BCUT2D eigenvalue weighted by atomic mass is 16.6. The molecule has 0 radical (unpaired) electrons. The Bertz CT molecular complexity index is 887. The van der Waals surface area contributed by atoms with Gasteiger partial charge in [0.05, 0.1) is 0 Å². The minimum Gasteiger partial charge on any atom is -0.462 e. The minimum atomic E-state index is -0.760. The van der Waals surface area contributed by atoms with E-state index in [1.54, 1.807) is 0 Å². The van der Waals surface area contributed by atoms with Crippen LogP contribution in [0.15, 0.2) is 0 Å². The molecule has 0 unspecified atom stereocenters. The summed E-state index contributed by atoms with van der Waals surface area (Å²) in [7, 11) is 0. The molecule has 0 fully saturated rings. The maximum absolute atomic E-state index is 12.8. The first-order chi connectivity index (χ1) is 28.9. The number of carbonyl (C=O) groups is 3. The van der Waals surface area contributed by atoms with Crippen molar-refractivity contribution in [1.82, 2.24) is 0 Å². The highest BCUT2D eigenvalue weighted by Crippen LogP contribution is 2.17. The molecule has 0 saturated carbocycles. The first-order valence-electron chi connectivity index (χ1n) is 26.4. The quantitative estimate of drug-likeness (QED) is 0.0345. The zero-order valence-electron chi connectivity index (χ0n) is 40.2. The molecule has 0 bridgehead atoms. The van der Waals surface area contributed by atoms with E-state index >= 15 is 0 Å². The van der Waals surface area contributed by atoms with Gasteiger partial charge < -0.3 is 14.2 Å². The summed E-state index contributed by atoms with van der Waals surface area (Å²) in [5, 5.41) is 0. The SMILES string of the molecule is CCCCCCCCCCCCCCC(=O)OC[C@@H](COC(=O)CCCCCCCCCCCC)OC(=O)CCCCCCCCCCCCCCCCCCC(C)C. The van der Waals surface area contributed by atoms with E-state index < -0.39 is 6.10 Å². The van der Waals surface area contributed by atoms with Crippen molar-refractivity contribution in [2.75, 3.05) is 13.2 Å². The normalized spacial score (nSPS) is 11.9. The summed E-state index contributed by atoms with van der Waals surface area (Å²) in [6.45, 7) is 9.03. The second-order valence-electron chi connectivity index (χ2n) is 18.6. The molecular weight excluding hydrogens is 733 g/mol. The van der Waals surface area contributed by atoms with Crippen molar-refractivity contribution < 1.29 is 28.6 Å². The van der Waals surface area contributed by atoms with Crippen LogP contribution in [0.1, 0.15) is 297 Å². The van der Waals surface area contributed by atoms with Gasteiger partial charge in [-0.2, -0.15) is 0 Å². The van der Waals surface area contributed by atoms with Crippen molar-refractivity contribution >= 4 is 17.9 Å². The van der Waals surface area contributed by atoms with E-state index in [2.05, 4.69) is 27.7 Å². The van der Waals surface area contributed by atoms with Crippen molar-refractivity contribution in [3.63, 3.8) is 0 Å². The van der Waals surface area contributed by atoms with Gasteiger partial charge in [-0.05, 0) is 25.2 Å². The van der Waals surface area contributed by atoms with Crippen LogP contribution in [0.4, 0.5) is 0 Å². The molecule has 0 aliphatic rings. The van der Waals surface area contributed by atoms with E-state index in [0.29, 0.717) is 19.3 Å². The van der Waals surface area contributed by atoms with Gasteiger partial charge in [0.25, 0.3) is 0 Å². The van der Waals surface area contributed by atoms with Crippen LogP contribution in [0.2, 0.25) is 0 Å². The predicted molar refractivity (Wildman–Crippen MR) is 252 cm³/mol. The second kappa shape index (κ2) is 47.5. The fraction of sp³-hybridized carbons (Fsp3) is 0.943. The van der Waals surface area contributed by atoms with Crippen molar-refractivity contribution in [3.05, 3.63) is 0 Å². The van der Waals surface area contributed by atoms with Gasteiger partial charge in [-0.1, -0.05) is 259 Å². The lowest BCUT2D eigenvalue weighted by atomic mass is 10.0. The third kappa shape index (κ3) is 47.3. The Morgan fingerprint density at radius 1 is 0.322 bits per heavy atom. The van der Waals surface area contributed by atoms with Gasteiger partial charge in [-0.25, -0.2) is 0 Å².